The van der Waals surface area contributed by atoms with Crippen LogP contribution in [0.25, 0.3) is 11.4 Å². The largest absolute Gasteiger partial charge is 0.337 e. The minimum absolute atomic E-state index is 0.140. The van der Waals surface area contributed by atoms with Crippen LogP contribution in [0.4, 0.5) is 0 Å². The molecule has 2 aromatic rings. The highest BCUT2D eigenvalue weighted by Gasteiger charge is 2.26. The molecule has 2 heterocycles. The summed E-state index contributed by atoms with van der Waals surface area (Å²) >= 11 is 0. The number of nitrogens with two attached hydrogens (primary N) is 1. The molecule has 5 heteroatoms. The lowest BCUT2D eigenvalue weighted by atomic mass is 9.84. The molecular formula is C16H22N4O. The second-order valence-electron chi connectivity index (χ2n) is 5.77. The third-order valence-corrected chi connectivity index (χ3v) is 4.41. The third kappa shape index (κ3) is 2.97. The monoisotopic (exact) mass is 286 g/mol. The Bertz CT molecular complexity index is 589. The number of hydrogen-bond acceptors (Lipinski definition) is 5. The number of aryl methyl sites for hydroxylation is 1. The van der Waals surface area contributed by atoms with E-state index in [0.29, 0.717) is 17.6 Å². The van der Waals surface area contributed by atoms with Gasteiger partial charge in [-0.15, -0.1) is 0 Å². The minimum atomic E-state index is -0.140. The van der Waals surface area contributed by atoms with E-state index < -0.39 is 0 Å². The maximum absolute atomic E-state index is 6.32. The fourth-order valence-electron chi connectivity index (χ4n) is 3.10. The molecule has 3 rings (SSSR count). The molecule has 1 fully saturated rings. The summed E-state index contributed by atoms with van der Waals surface area (Å²) in [6.45, 7) is 2.09. The average molecular weight is 286 g/mol. The first-order chi connectivity index (χ1) is 10.3. The molecule has 1 aliphatic carbocycles. The van der Waals surface area contributed by atoms with E-state index in [1.807, 2.05) is 12.3 Å². The lowest BCUT2D eigenvalue weighted by molar-refractivity contribution is 0.255. The molecule has 1 atom stereocenters. The van der Waals surface area contributed by atoms with Crippen LogP contribution in [-0.2, 0) is 6.42 Å². The number of rotatable bonds is 4. The Balaban J connectivity index is 1.82. The molecule has 21 heavy (non-hydrogen) atoms. The Morgan fingerprint density at radius 2 is 2.14 bits per heavy atom. The molecule has 0 saturated heterocycles. The van der Waals surface area contributed by atoms with Crippen LogP contribution >= 0.6 is 0 Å². The van der Waals surface area contributed by atoms with Crippen molar-refractivity contribution in [3.8, 4) is 11.4 Å². The van der Waals surface area contributed by atoms with Crippen molar-refractivity contribution in [2.75, 3.05) is 0 Å². The highest BCUT2D eigenvalue weighted by atomic mass is 16.5. The molecule has 1 aliphatic rings. The van der Waals surface area contributed by atoms with Crippen molar-refractivity contribution in [3.63, 3.8) is 0 Å². The minimum Gasteiger partial charge on any atom is -0.337 e. The molecular weight excluding hydrogens is 264 g/mol. The van der Waals surface area contributed by atoms with Gasteiger partial charge in [0, 0.05) is 18.0 Å². The zero-order valence-corrected chi connectivity index (χ0v) is 12.5. The molecule has 0 radical (unpaired) electrons. The van der Waals surface area contributed by atoms with Crippen LogP contribution in [0.5, 0.6) is 0 Å². The fraction of sp³-hybridized carbons (Fsp3) is 0.562. The summed E-state index contributed by atoms with van der Waals surface area (Å²) in [5.74, 6) is 1.65. The highest BCUT2D eigenvalue weighted by Crippen LogP contribution is 2.33. The quantitative estimate of drug-likeness (QED) is 0.933. The number of nitrogens with zero attached hydrogens (tertiary/aromatic N) is 3. The fourth-order valence-corrected chi connectivity index (χ4v) is 3.10. The van der Waals surface area contributed by atoms with Crippen LogP contribution in [0.15, 0.2) is 23.0 Å². The van der Waals surface area contributed by atoms with Crippen molar-refractivity contribution >= 4 is 0 Å². The van der Waals surface area contributed by atoms with Gasteiger partial charge in [-0.1, -0.05) is 31.3 Å². The Morgan fingerprint density at radius 1 is 1.33 bits per heavy atom. The molecule has 0 aliphatic heterocycles. The van der Waals surface area contributed by atoms with Gasteiger partial charge in [0.25, 0.3) is 0 Å². The Morgan fingerprint density at radius 3 is 2.90 bits per heavy atom. The van der Waals surface area contributed by atoms with Crippen molar-refractivity contribution in [2.24, 2.45) is 11.7 Å². The topological polar surface area (TPSA) is 77.8 Å². The molecule has 0 bridgehead atoms. The maximum Gasteiger partial charge on any atom is 0.244 e. The predicted molar refractivity (Wildman–Crippen MR) is 80.4 cm³/mol. The first kappa shape index (κ1) is 14.2. The second kappa shape index (κ2) is 6.35. The molecule has 0 aromatic carbocycles. The maximum atomic E-state index is 6.32. The highest BCUT2D eigenvalue weighted by molar-refractivity contribution is 5.58. The lowest BCUT2D eigenvalue weighted by Crippen LogP contribution is -2.23. The molecule has 2 aromatic heterocycles. The van der Waals surface area contributed by atoms with E-state index in [-0.39, 0.29) is 6.04 Å². The summed E-state index contributed by atoms with van der Waals surface area (Å²) in [5.41, 5.74) is 8.43. The molecule has 112 valence electrons. The van der Waals surface area contributed by atoms with Gasteiger partial charge in [-0.2, -0.15) is 4.98 Å². The smallest absolute Gasteiger partial charge is 0.244 e. The lowest BCUT2D eigenvalue weighted by Gasteiger charge is -2.24. The van der Waals surface area contributed by atoms with Crippen LogP contribution in [-0.4, -0.2) is 15.1 Å². The van der Waals surface area contributed by atoms with Crippen molar-refractivity contribution in [2.45, 2.75) is 51.5 Å². The average Bonchev–Trinajstić information content (AvgIpc) is 3.04. The van der Waals surface area contributed by atoms with Gasteiger partial charge in [0.1, 0.15) is 0 Å². The van der Waals surface area contributed by atoms with E-state index in [4.69, 9.17) is 10.3 Å². The van der Waals surface area contributed by atoms with Crippen LogP contribution in [0, 0.1) is 5.92 Å². The van der Waals surface area contributed by atoms with Crippen LogP contribution in [0.1, 0.15) is 56.5 Å². The van der Waals surface area contributed by atoms with Gasteiger partial charge in [0.15, 0.2) is 0 Å². The number of pyridine rings is 1. The summed E-state index contributed by atoms with van der Waals surface area (Å²) in [5, 5.41) is 4.12. The van der Waals surface area contributed by atoms with Gasteiger partial charge < -0.3 is 10.3 Å². The van der Waals surface area contributed by atoms with E-state index in [1.165, 1.54) is 19.3 Å². The molecule has 0 spiro atoms. The zero-order valence-electron chi connectivity index (χ0n) is 12.5. The van der Waals surface area contributed by atoms with Gasteiger partial charge in [0.05, 0.1) is 6.04 Å². The Hall–Kier alpha value is -1.75. The second-order valence-corrected chi connectivity index (χ2v) is 5.77. The van der Waals surface area contributed by atoms with E-state index >= 15 is 0 Å². The molecule has 2 N–H and O–H groups in total. The van der Waals surface area contributed by atoms with Gasteiger partial charge in [-0.3, -0.25) is 4.98 Å². The molecule has 1 saturated carbocycles. The van der Waals surface area contributed by atoms with Gasteiger partial charge in [-0.05, 0) is 36.8 Å². The van der Waals surface area contributed by atoms with E-state index in [0.717, 1.165) is 30.4 Å². The van der Waals surface area contributed by atoms with E-state index in [1.54, 1.807) is 6.20 Å². The summed E-state index contributed by atoms with van der Waals surface area (Å²) in [6, 6.07) is 1.79. The van der Waals surface area contributed by atoms with Gasteiger partial charge >= 0.3 is 0 Å². The molecule has 1 unspecified atom stereocenters. The van der Waals surface area contributed by atoms with Gasteiger partial charge in [0.2, 0.25) is 11.7 Å². The van der Waals surface area contributed by atoms with Crippen molar-refractivity contribution in [3.05, 3.63) is 29.9 Å². The van der Waals surface area contributed by atoms with Crippen molar-refractivity contribution < 1.29 is 4.52 Å². The Labute approximate surface area is 125 Å². The van der Waals surface area contributed by atoms with E-state index in [2.05, 4.69) is 22.0 Å². The third-order valence-electron chi connectivity index (χ3n) is 4.41. The number of hydrogen-bond donors (Lipinski definition) is 1. The first-order valence-electron chi connectivity index (χ1n) is 7.82. The number of aromatic nitrogens is 3. The normalized spacial score (nSPS) is 17.8. The van der Waals surface area contributed by atoms with Crippen LogP contribution < -0.4 is 5.73 Å². The summed E-state index contributed by atoms with van der Waals surface area (Å²) in [6.07, 6.45) is 10.6. The summed E-state index contributed by atoms with van der Waals surface area (Å²) in [4.78, 5) is 8.68. The van der Waals surface area contributed by atoms with Crippen LogP contribution in [0.2, 0.25) is 0 Å². The predicted octanol–water partition coefficient (Wildman–Crippen LogP) is 3.27. The van der Waals surface area contributed by atoms with Gasteiger partial charge in [-0.25, -0.2) is 0 Å². The summed E-state index contributed by atoms with van der Waals surface area (Å²) < 4.78 is 5.43. The SMILES string of the molecule is CCc1cnccc1-c1noc(C(N)C2CCCCC2)n1. The molecule has 0 amide bonds. The Kier molecular flexibility index (Phi) is 4.29. The van der Waals surface area contributed by atoms with E-state index in [9.17, 15) is 0 Å². The van der Waals surface area contributed by atoms with Crippen LogP contribution in [0.3, 0.4) is 0 Å². The molecule has 5 nitrogen and oxygen atoms in total. The van der Waals surface area contributed by atoms with Crippen molar-refractivity contribution in [1.29, 1.82) is 0 Å². The standard InChI is InChI=1S/C16H22N4O/c1-2-11-10-18-9-8-13(11)15-19-16(21-20-15)14(17)12-6-4-3-5-7-12/h8-10,12,14H,2-7,17H2,1H3. The van der Waals surface area contributed by atoms with Crippen molar-refractivity contribution in [1.82, 2.24) is 15.1 Å². The summed E-state index contributed by atoms with van der Waals surface area (Å²) in [7, 11) is 0. The first-order valence-corrected chi connectivity index (χ1v) is 7.82. The zero-order chi connectivity index (χ0) is 14.7.